The van der Waals surface area contributed by atoms with Gasteiger partial charge in [-0.3, -0.25) is 9.59 Å². The molecule has 0 saturated carbocycles. The summed E-state index contributed by atoms with van der Waals surface area (Å²) in [6, 6.07) is 3.18. The lowest BCUT2D eigenvalue weighted by atomic mass is 9.94. The number of carbonyl (C=O) groups is 1. The zero-order chi connectivity index (χ0) is 14.8. The molecule has 2 aromatic heterocycles. The first-order valence-electron chi connectivity index (χ1n) is 7.45. The van der Waals surface area contributed by atoms with E-state index in [1.54, 1.807) is 23.2 Å². The number of Topliss-reactive ketones (excluding diaryl/α,β-unsaturated/α-hetero) is 1. The summed E-state index contributed by atoms with van der Waals surface area (Å²) >= 11 is 0. The first-order valence-corrected chi connectivity index (χ1v) is 7.45. The van der Waals surface area contributed by atoms with Crippen LogP contribution < -0.4 is 5.56 Å². The van der Waals surface area contributed by atoms with Crippen LogP contribution in [-0.2, 0) is 19.5 Å². The maximum Gasteiger partial charge on any atom is 0.251 e. The molecule has 21 heavy (non-hydrogen) atoms. The third-order valence-electron chi connectivity index (χ3n) is 4.00. The van der Waals surface area contributed by atoms with E-state index in [0.29, 0.717) is 18.5 Å². The molecular formula is C16H19N3O2. The fraction of sp³-hybridized carbons (Fsp3) is 0.438. The minimum atomic E-state index is -0.0484. The number of hydrogen-bond donors (Lipinski definition) is 0. The number of imidazole rings is 1. The molecule has 0 saturated heterocycles. The Morgan fingerprint density at radius 2 is 2.10 bits per heavy atom. The number of nitrogens with zero attached hydrogens (tertiary/aromatic N) is 3. The summed E-state index contributed by atoms with van der Waals surface area (Å²) in [6.07, 6.45) is 6.81. The molecular weight excluding hydrogens is 266 g/mol. The number of fused-ring (bicyclic) bond motifs is 1. The average Bonchev–Trinajstić information content (AvgIpc) is 2.90. The van der Waals surface area contributed by atoms with E-state index in [0.717, 1.165) is 37.2 Å². The molecule has 0 amide bonds. The lowest BCUT2D eigenvalue weighted by Gasteiger charge is -2.20. The highest BCUT2D eigenvalue weighted by atomic mass is 16.1. The Kier molecular flexibility index (Phi) is 3.73. The van der Waals surface area contributed by atoms with E-state index in [2.05, 4.69) is 16.5 Å². The summed E-state index contributed by atoms with van der Waals surface area (Å²) in [7, 11) is 0. The second kappa shape index (κ2) is 5.68. The molecule has 0 N–H and O–H groups in total. The van der Waals surface area contributed by atoms with Crippen molar-refractivity contribution in [1.82, 2.24) is 14.1 Å². The molecule has 0 unspecified atom stereocenters. The molecule has 0 aromatic carbocycles. The number of aromatic nitrogens is 3. The second-order valence-corrected chi connectivity index (χ2v) is 5.47. The predicted octanol–water partition coefficient (Wildman–Crippen LogP) is 2.02. The molecule has 1 aliphatic rings. The van der Waals surface area contributed by atoms with E-state index < -0.39 is 0 Å². The first-order chi connectivity index (χ1) is 10.2. The van der Waals surface area contributed by atoms with Gasteiger partial charge in [0.2, 0.25) is 0 Å². The molecule has 0 fully saturated rings. The van der Waals surface area contributed by atoms with Gasteiger partial charge in [0.25, 0.3) is 5.56 Å². The summed E-state index contributed by atoms with van der Waals surface area (Å²) < 4.78 is 3.80. The zero-order valence-corrected chi connectivity index (χ0v) is 12.2. The van der Waals surface area contributed by atoms with Gasteiger partial charge in [-0.15, -0.1) is 0 Å². The SMILES string of the molecule is CCCn1cncc1Cn1c2c(ccc1=O)C(=O)CCC2. The van der Waals surface area contributed by atoms with Crippen LogP contribution in [0.3, 0.4) is 0 Å². The van der Waals surface area contributed by atoms with E-state index in [1.165, 1.54) is 6.07 Å². The molecule has 3 rings (SSSR count). The van der Waals surface area contributed by atoms with Gasteiger partial charge >= 0.3 is 0 Å². The summed E-state index contributed by atoms with van der Waals surface area (Å²) in [6.45, 7) is 3.48. The first kappa shape index (κ1) is 13.8. The van der Waals surface area contributed by atoms with Crippen LogP contribution in [0.25, 0.3) is 0 Å². The van der Waals surface area contributed by atoms with Gasteiger partial charge in [-0.1, -0.05) is 6.92 Å². The van der Waals surface area contributed by atoms with Crippen LogP contribution in [0.5, 0.6) is 0 Å². The fourth-order valence-corrected chi connectivity index (χ4v) is 2.95. The number of pyridine rings is 1. The van der Waals surface area contributed by atoms with Crippen molar-refractivity contribution in [2.24, 2.45) is 0 Å². The Morgan fingerprint density at radius 1 is 1.24 bits per heavy atom. The van der Waals surface area contributed by atoms with E-state index in [4.69, 9.17) is 0 Å². The molecule has 1 aliphatic carbocycles. The minimum absolute atomic E-state index is 0.0484. The zero-order valence-electron chi connectivity index (χ0n) is 12.2. The van der Waals surface area contributed by atoms with Gasteiger partial charge in [-0.2, -0.15) is 0 Å². The lowest BCUT2D eigenvalue weighted by molar-refractivity contribution is 0.0970. The fourth-order valence-electron chi connectivity index (χ4n) is 2.95. The number of aryl methyl sites for hydroxylation is 1. The van der Waals surface area contributed by atoms with Crippen molar-refractivity contribution >= 4 is 5.78 Å². The van der Waals surface area contributed by atoms with E-state index in [1.807, 2.05) is 0 Å². The summed E-state index contributed by atoms with van der Waals surface area (Å²) in [4.78, 5) is 28.4. The smallest absolute Gasteiger partial charge is 0.251 e. The Labute approximate surface area is 123 Å². The third-order valence-corrected chi connectivity index (χ3v) is 4.00. The monoisotopic (exact) mass is 285 g/mol. The highest BCUT2D eigenvalue weighted by Gasteiger charge is 2.21. The van der Waals surface area contributed by atoms with Gasteiger partial charge in [-0.05, 0) is 25.3 Å². The number of carbonyl (C=O) groups excluding carboxylic acids is 1. The highest BCUT2D eigenvalue weighted by molar-refractivity contribution is 5.97. The Balaban J connectivity index is 2.02. The van der Waals surface area contributed by atoms with Crippen molar-refractivity contribution in [2.45, 2.75) is 45.7 Å². The van der Waals surface area contributed by atoms with E-state index in [-0.39, 0.29) is 11.3 Å². The Morgan fingerprint density at radius 3 is 2.90 bits per heavy atom. The standard InChI is InChI=1S/C16H19N3O2/c1-2-8-18-11-17-9-12(18)10-19-14-4-3-5-15(20)13(14)6-7-16(19)21/h6-7,9,11H,2-5,8,10H2,1H3. The minimum Gasteiger partial charge on any atom is -0.333 e. The predicted molar refractivity (Wildman–Crippen MR) is 79.6 cm³/mol. The Bertz CT molecular complexity index is 727. The number of hydrogen-bond acceptors (Lipinski definition) is 3. The van der Waals surface area contributed by atoms with Crippen molar-refractivity contribution in [3.8, 4) is 0 Å². The normalized spacial score (nSPS) is 14.2. The van der Waals surface area contributed by atoms with Crippen molar-refractivity contribution in [3.63, 3.8) is 0 Å². The Hall–Kier alpha value is -2.17. The molecule has 110 valence electrons. The van der Waals surface area contributed by atoms with Crippen LogP contribution in [0.15, 0.2) is 29.5 Å². The maximum atomic E-state index is 12.2. The molecule has 0 aliphatic heterocycles. The second-order valence-electron chi connectivity index (χ2n) is 5.47. The summed E-state index contributed by atoms with van der Waals surface area (Å²) in [5.41, 5.74) is 2.54. The third kappa shape index (κ3) is 2.55. The number of ketones is 1. The van der Waals surface area contributed by atoms with Gasteiger partial charge in [0, 0.05) is 36.5 Å². The molecule has 2 aromatic rings. The lowest BCUT2D eigenvalue weighted by Crippen LogP contribution is -2.29. The average molecular weight is 285 g/mol. The van der Waals surface area contributed by atoms with Gasteiger partial charge in [0.1, 0.15) is 0 Å². The topological polar surface area (TPSA) is 56.9 Å². The van der Waals surface area contributed by atoms with E-state index >= 15 is 0 Å². The van der Waals surface area contributed by atoms with Gasteiger partial charge < -0.3 is 9.13 Å². The van der Waals surface area contributed by atoms with E-state index in [9.17, 15) is 9.59 Å². The molecule has 2 heterocycles. The highest BCUT2D eigenvalue weighted by Crippen LogP contribution is 2.20. The van der Waals surface area contributed by atoms with Crippen molar-refractivity contribution in [2.75, 3.05) is 0 Å². The molecule has 0 spiro atoms. The molecule has 5 heteroatoms. The van der Waals surface area contributed by atoms with Crippen LogP contribution in [0, 0.1) is 0 Å². The van der Waals surface area contributed by atoms with Gasteiger partial charge in [0.15, 0.2) is 5.78 Å². The summed E-state index contributed by atoms with van der Waals surface area (Å²) in [5, 5.41) is 0. The van der Waals surface area contributed by atoms with Crippen LogP contribution >= 0.6 is 0 Å². The van der Waals surface area contributed by atoms with Crippen LogP contribution in [0.1, 0.15) is 47.9 Å². The quantitative estimate of drug-likeness (QED) is 0.863. The van der Waals surface area contributed by atoms with Crippen molar-refractivity contribution < 1.29 is 4.79 Å². The molecule has 0 atom stereocenters. The van der Waals surface area contributed by atoms with Crippen molar-refractivity contribution in [1.29, 1.82) is 0 Å². The number of rotatable bonds is 4. The van der Waals surface area contributed by atoms with Gasteiger partial charge in [0.05, 0.1) is 18.6 Å². The molecule has 0 bridgehead atoms. The molecule has 5 nitrogen and oxygen atoms in total. The van der Waals surface area contributed by atoms with Crippen LogP contribution in [0.4, 0.5) is 0 Å². The maximum absolute atomic E-state index is 12.2. The summed E-state index contributed by atoms with van der Waals surface area (Å²) in [5.74, 6) is 0.145. The van der Waals surface area contributed by atoms with Crippen LogP contribution in [-0.4, -0.2) is 19.9 Å². The molecule has 0 radical (unpaired) electrons. The van der Waals surface area contributed by atoms with Crippen molar-refractivity contribution in [3.05, 3.63) is 52.0 Å². The van der Waals surface area contributed by atoms with Crippen LogP contribution in [0.2, 0.25) is 0 Å². The van der Waals surface area contributed by atoms with Gasteiger partial charge in [-0.25, -0.2) is 4.98 Å². The largest absolute Gasteiger partial charge is 0.333 e.